The molecule has 0 saturated carbocycles. The van der Waals surface area contributed by atoms with Gasteiger partial charge in [0.2, 0.25) is 15.8 Å². The first-order valence-electron chi connectivity index (χ1n) is 9.38. The standard InChI is InChI=1S/C18H22F3N5O4S/c1-23(2)31(29,30)14-6-4-12(5-7-14)15(27)25-10-8-13(9-11-25)26-17(28)24(3)16(22-26)18(19,20)21/h4-7,13H,8-11H2,1-3H3. The van der Waals surface area contributed by atoms with Crippen molar-refractivity contribution in [2.45, 2.75) is 30.0 Å². The second-order valence-corrected chi connectivity index (χ2v) is 9.59. The van der Waals surface area contributed by atoms with E-state index < -0.39 is 33.8 Å². The lowest BCUT2D eigenvalue weighted by molar-refractivity contribution is -0.147. The highest BCUT2D eigenvalue weighted by molar-refractivity contribution is 7.89. The fourth-order valence-electron chi connectivity index (χ4n) is 3.42. The number of carbonyl (C=O) groups is 1. The van der Waals surface area contributed by atoms with Gasteiger partial charge in [-0.2, -0.15) is 13.2 Å². The van der Waals surface area contributed by atoms with Crippen molar-refractivity contribution in [2.75, 3.05) is 27.2 Å². The minimum absolute atomic E-state index is 0.0581. The monoisotopic (exact) mass is 461 g/mol. The Kier molecular flexibility index (Phi) is 6.02. The topological polar surface area (TPSA) is 97.5 Å². The van der Waals surface area contributed by atoms with Gasteiger partial charge in [-0.3, -0.25) is 9.36 Å². The second kappa shape index (κ2) is 8.11. The Morgan fingerprint density at radius 2 is 1.68 bits per heavy atom. The van der Waals surface area contributed by atoms with Gasteiger partial charge in [-0.25, -0.2) is 22.2 Å². The summed E-state index contributed by atoms with van der Waals surface area (Å²) in [4.78, 5) is 26.5. The molecule has 2 heterocycles. The van der Waals surface area contributed by atoms with Crippen molar-refractivity contribution in [1.29, 1.82) is 0 Å². The number of alkyl halides is 3. The van der Waals surface area contributed by atoms with Gasteiger partial charge in [0.05, 0.1) is 10.9 Å². The summed E-state index contributed by atoms with van der Waals surface area (Å²) in [5.74, 6) is -1.58. The summed E-state index contributed by atoms with van der Waals surface area (Å²) < 4.78 is 65.6. The molecule has 2 aromatic rings. The Bertz CT molecular complexity index is 1130. The number of piperidine rings is 1. The minimum Gasteiger partial charge on any atom is -0.338 e. The largest absolute Gasteiger partial charge is 0.451 e. The maximum Gasteiger partial charge on any atom is 0.451 e. The molecule has 0 radical (unpaired) electrons. The molecule has 13 heteroatoms. The van der Waals surface area contributed by atoms with E-state index in [0.29, 0.717) is 10.1 Å². The van der Waals surface area contributed by atoms with Gasteiger partial charge in [0, 0.05) is 39.8 Å². The van der Waals surface area contributed by atoms with Crippen LogP contribution in [0.25, 0.3) is 0 Å². The average molecular weight is 461 g/mol. The average Bonchev–Trinajstić information content (AvgIpc) is 3.02. The Morgan fingerprint density at radius 3 is 2.13 bits per heavy atom. The van der Waals surface area contributed by atoms with E-state index >= 15 is 0 Å². The van der Waals surface area contributed by atoms with Crippen LogP contribution in [-0.2, 0) is 23.2 Å². The first-order valence-corrected chi connectivity index (χ1v) is 10.8. The van der Waals surface area contributed by atoms with E-state index in [2.05, 4.69) is 5.10 Å². The molecule has 170 valence electrons. The Labute approximate surface area is 176 Å². The third-order valence-corrected chi connectivity index (χ3v) is 7.06. The van der Waals surface area contributed by atoms with Crippen LogP contribution in [0.4, 0.5) is 13.2 Å². The molecule has 1 aromatic carbocycles. The molecule has 31 heavy (non-hydrogen) atoms. The molecule has 0 unspecified atom stereocenters. The number of aromatic nitrogens is 3. The molecule has 0 atom stereocenters. The summed E-state index contributed by atoms with van der Waals surface area (Å²) in [6.07, 6.45) is -4.19. The number of sulfonamides is 1. The molecule has 0 N–H and O–H groups in total. The van der Waals surface area contributed by atoms with Gasteiger partial charge < -0.3 is 4.90 Å². The number of hydrogen-bond acceptors (Lipinski definition) is 5. The lowest BCUT2D eigenvalue weighted by Gasteiger charge is -2.31. The first kappa shape index (κ1) is 23.0. The van der Waals surface area contributed by atoms with Gasteiger partial charge in [-0.05, 0) is 37.1 Å². The van der Waals surface area contributed by atoms with Crippen molar-refractivity contribution in [3.8, 4) is 0 Å². The number of hydrogen-bond donors (Lipinski definition) is 0. The van der Waals surface area contributed by atoms with E-state index in [1.54, 1.807) is 0 Å². The molecule has 1 saturated heterocycles. The Morgan fingerprint density at radius 1 is 1.13 bits per heavy atom. The van der Waals surface area contributed by atoms with Crippen molar-refractivity contribution in [3.63, 3.8) is 0 Å². The summed E-state index contributed by atoms with van der Waals surface area (Å²) in [6.45, 7) is 0.456. The number of halogens is 3. The minimum atomic E-state index is -4.73. The first-order chi connectivity index (χ1) is 14.3. The summed E-state index contributed by atoms with van der Waals surface area (Å²) >= 11 is 0. The predicted molar refractivity (Wildman–Crippen MR) is 104 cm³/mol. The van der Waals surface area contributed by atoms with Crippen LogP contribution in [0.15, 0.2) is 34.0 Å². The lowest BCUT2D eigenvalue weighted by atomic mass is 10.0. The third-order valence-electron chi connectivity index (χ3n) is 5.23. The summed E-state index contributed by atoms with van der Waals surface area (Å²) in [5, 5.41) is 3.46. The zero-order valence-electron chi connectivity index (χ0n) is 17.1. The van der Waals surface area contributed by atoms with Crippen molar-refractivity contribution in [3.05, 3.63) is 46.1 Å². The normalized spacial score (nSPS) is 16.2. The van der Waals surface area contributed by atoms with E-state index in [9.17, 15) is 31.2 Å². The van der Waals surface area contributed by atoms with Crippen LogP contribution in [0.1, 0.15) is 35.1 Å². The highest BCUT2D eigenvalue weighted by atomic mass is 32.2. The van der Waals surface area contributed by atoms with Gasteiger partial charge >= 0.3 is 11.9 Å². The second-order valence-electron chi connectivity index (χ2n) is 7.44. The number of carbonyl (C=O) groups excluding carboxylic acids is 1. The van der Waals surface area contributed by atoms with Crippen molar-refractivity contribution >= 4 is 15.9 Å². The van der Waals surface area contributed by atoms with Crippen LogP contribution in [-0.4, -0.2) is 65.1 Å². The quantitative estimate of drug-likeness (QED) is 0.684. The van der Waals surface area contributed by atoms with Crippen LogP contribution >= 0.6 is 0 Å². The van der Waals surface area contributed by atoms with Gasteiger partial charge in [-0.1, -0.05) is 0 Å². The maximum atomic E-state index is 13.0. The zero-order chi connectivity index (χ0) is 23.1. The Balaban J connectivity index is 1.70. The highest BCUT2D eigenvalue weighted by Crippen LogP contribution is 2.28. The predicted octanol–water partition coefficient (Wildman–Crippen LogP) is 1.33. The van der Waals surface area contributed by atoms with E-state index in [4.69, 9.17) is 0 Å². The van der Waals surface area contributed by atoms with Gasteiger partial charge in [0.1, 0.15) is 0 Å². The molecule has 1 fully saturated rings. The number of nitrogens with zero attached hydrogens (tertiary/aromatic N) is 5. The molecule has 1 aliphatic heterocycles. The van der Waals surface area contributed by atoms with Crippen molar-refractivity contribution in [1.82, 2.24) is 23.6 Å². The van der Waals surface area contributed by atoms with E-state index in [-0.39, 0.29) is 36.7 Å². The molecule has 1 amide bonds. The number of amides is 1. The molecule has 0 bridgehead atoms. The van der Waals surface area contributed by atoms with Crippen LogP contribution in [0.2, 0.25) is 0 Å². The molecule has 9 nitrogen and oxygen atoms in total. The van der Waals surface area contributed by atoms with Crippen LogP contribution in [0.3, 0.4) is 0 Å². The maximum absolute atomic E-state index is 13.0. The number of likely N-dealkylation sites (tertiary alicyclic amines) is 1. The lowest BCUT2D eigenvalue weighted by Crippen LogP contribution is -2.41. The number of rotatable bonds is 4. The van der Waals surface area contributed by atoms with E-state index in [0.717, 1.165) is 16.0 Å². The summed E-state index contributed by atoms with van der Waals surface area (Å²) in [7, 11) is 0.222. The van der Waals surface area contributed by atoms with Crippen molar-refractivity contribution < 1.29 is 26.4 Å². The van der Waals surface area contributed by atoms with Gasteiger partial charge in [0.25, 0.3) is 5.91 Å². The van der Waals surface area contributed by atoms with E-state index in [1.165, 1.54) is 43.3 Å². The Hall–Kier alpha value is -2.67. The number of benzene rings is 1. The molecule has 0 spiro atoms. The van der Waals surface area contributed by atoms with Crippen LogP contribution in [0.5, 0.6) is 0 Å². The molecular formula is C18H22F3N5O4S. The fraction of sp³-hybridized carbons (Fsp3) is 0.500. The van der Waals surface area contributed by atoms with E-state index in [1.807, 2.05) is 0 Å². The summed E-state index contributed by atoms with van der Waals surface area (Å²) in [6, 6.07) is 4.99. The molecular weight excluding hydrogens is 439 g/mol. The molecule has 1 aliphatic rings. The van der Waals surface area contributed by atoms with Crippen LogP contribution < -0.4 is 5.69 Å². The van der Waals surface area contributed by atoms with Crippen molar-refractivity contribution in [2.24, 2.45) is 7.05 Å². The smallest absolute Gasteiger partial charge is 0.338 e. The highest BCUT2D eigenvalue weighted by Gasteiger charge is 2.39. The van der Waals surface area contributed by atoms with Gasteiger partial charge in [0.15, 0.2) is 0 Å². The fourth-order valence-corrected chi connectivity index (χ4v) is 4.32. The summed E-state index contributed by atoms with van der Waals surface area (Å²) in [5.41, 5.74) is -0.555. The molecule has 3 rings (SSSR count). The van der Waals surface area contributed by atoms with Crippen LogP contribution in [0, 0.1) is 0 Å². The van der Waals surface area contributed by atoms with Gasteiger partial charge in [-0.15, -0.1) is 5.10 Å². The molecule has 0 aliphatic carbocycles. The zero-order valence-corrected chi connectivity index (χ0v) is 17.9. The molecule has 1 aromatic heterocycles. The third kappa shape index (κ3) is 4.37. The SMILES string of the molecule is CN(C)S(=O)(=O)c1ccc(C(=O)N2CCC(n3nc(C(F)(F)F)n(C)c3=O)CC2)cc1.